The molecule has 0 radical (unpaired) electrons. The molecule has 0 bridgehead atoms. The fraction of sp³-hybridized carbons (Fsp3) is 0.400. The summed E-state index contributed by atoms with van der Waals surface area (Å²) in [5, 5.41) is 0.153. The molecule has 0 aliphatic carbocycles. The Balaban J connectivity index is 3.32. The molecule has 0 N–H and O–H groups in total. The molecule has 0 aromatic carbocycles. The van der Waals surface area contributed by atoms with Gasteiger partial charge < -0.3 is 4.74 Å². The van der Waals surface area contributed by atoms with Crippen molar-refractivity contribution < 1.29 is 22.7 Å². The van der Waals surface area contributed by atoms with E-state index in [9.17, 15) is 18.0 Å². The van der Waals surface area contributed by atoms with E-state index < -0.39 is 29.5 Å². The van der Waals surface area contributed by atoms with Crippen molar-refractivity contribution in [3.05, 3.63) is 28.8 Å². The van der Waals surface area contributed by atoms with Gasteiger partial charge in [-0.05, 0) is 13.0 Å². The number of halogens is 4. The van der Waals surface area contributed by atoms with Crippen LogP contribution >= 0.6 is 15.9 Å². The van der Waals surface area contributed by atoms with Crippen LogP contribution in [0.1, 0.15) is 35.0 Å². The number of ether oxygens (including phenoxy) is 1. The number of carbonyl (C=O) groups excluding carboxylic acids is 1. The van der Waals surface area contributed by atoms with Crippen LogP contribution in [-0.2, 0) is 10.1 Å². The molecule has 0 saturated heterocycles. The molecule has 0 aliphatic heterocycles. The van der Waals surface area contributed by atoms with Crippen molar-refractivity contribution in [1.82, 2.24) is 4.98 Å². The summed E-state index contributed by atoms with van der Waals surface area (Å²) >= 11 is 3.01. The average Bonchev–Trinajstić information content (AvgIpc) is 2.27. The van der Waals surface area contributed by atoms with E-state index in [-0.39, 0.29) is 17.6 Å². The highest BCUT2D eigenvalue weighted by Gasteiger charge is 2.25. The summed E-state index contributed by atoms with van der Waals surface area (Å²) in [7, 11) is 0. The van der Waals surface area contributed by atoms with Gasteiger partial charge in [0.2, 0.25) is 5.95 Å². The molecule has 17 heavy (non-hydrogen) atoms. The highest BCUT2D eigenvalue weighted by atomic mass is 79.9. The van der Waals surface area contributed by atoms with Crippen LogP contribution in [-0.4, -0.2) is 17.6 Å². The molecule has 0 aliphatic rings. The van der Waals surface area contributed by atoms with E-state index in [1.807, 2.05) is 0 Å². The summed E-state index contributed by atoms with van der Waals surface area (Å²) in [4.78, 5) is 14.7. The molecule has 0 spiro atoms. The quantitative estimate of drug-likeness (QED) is 0.487. The zero-order valence-electron chi connectivity index (χ0n) is 8.84. The Morgan fingerprint density at radius 1 is 1.59 bits per heavy atom. The molecule has 1 aromatic heterocycles. The van der Waals surface area contributed by atoms with E-state index >= 15 is 0 Å². The minimum atomic E-state index is -3.12. The van der Waals surface area contributed by atoms with Crippen molar-refractivity contribution >= 4 is 21.9 Å². The van der Waals surface area contributed by atoms with Gasteiger partial charge in [-0.3, -0.25) is 0 Å². The van der Waals surface area contributed by atoms with Crippen LogP contribution in [0.4, 0.5) is 13.2 Å². The van der Waals surface area contributed by atoms with Gasteiger partial charge in [0.05, 0.1) is 23.4 Å². The third-order valence-electron chi connectivity index (χ3n) is 1.92. The second-order valence-electron chi connectivity index (χ2n) is 3.02. The van der Waals surface area contributed by atoms with Crippen LogP contribution in [0, 0.1) is 5.95 Å². The van der Waals surface area contributed by atoms with Gasteiger partial charge in [-0.15, -0.1) is 0 Å². The SMILES string of the molecule is CCOC(=O)c1cc(CBr)nc(F)c1C(F)F. The molecule has 1 rings (SSSR count). The van der Waals surface area contributed by atoms with Crippen molar-refractivity contribution in [3.63, 3.8) is 0 Å². The molecule has 0 fully saturated rings. The fourth-order valence-electron chi connectivity index (χ4n) is 1.23. The predicted octanol–water partition coefficient (Wildman–Crippen LogP) is 3.23. The summed E-state index contributed by atoms with van der Waals surface area (Å²) < 4.78 is 43.2. The molecule has 0 amide bonds. The lowest BCUT2D eigenvalue weighted by Gasteiger charge is -2.10. The molecular weight excluding hydrogens is 303 g/mol. The number of hydrogen-bond acceptors (Lipinski definition) is 3. The number of carbonyl (C=O) groups is 1. The van der Waals surface area contributed by atoms with Crippen molar-refractivity contribution in [3.8, 4) is 0 Å². The number of aromatic nitrogens is 1. The summed E-state index contributed by atoms with van der Waals surface area (Å²) in [6, 6.07) is 1.09. The number of pyridine rings is 1. The monoisotopic (exact) mass is 311 g/mol. The summed E-state index contributed by atoms with van der Waals surface area (Å²) in [6.45, 7) is 1.55. The van der Waals surface area contributed by atoms with Crippen molar-refractivity contribution in [1.29, 1.82) is 0 Å². The van der Waals surface area contributed by atoms with E-state index in [0.717, 1.165) is 6.07 Å². The molecule has 94 valence electrons. The Hall–Kier alpha value is -1.11. The number of alkyl halides is 3. The smallest absolute Gasteiger partial charge is 0.338 e. The van der Waals surface area contributed by atoms with Crippen LogP contribution in [0.25, 0.3) is 0 Å². The van der Waals surface area contributed by atoms with Gasteiger partial charge in [-0.2, -0.15) is 4.39 Å². The van der Waals surface area contributed by atoms with E-state index in [2.05, 4.69) is 25.7 Å². The standard InChI is InChI=1S/C10H9BrF3NO2/c1-2-17-10(16)6-3-5(4-11)15-9(14)7(6)8(12)13/h3,8H,2,4H2,1H3. The second kappa shape index (κ2) is 6.00. The van der Waals surface area contributed by atoms with Gasteiger partial charge in [0.25, 0.3) is 6.43 Å². The van der Waals surface area contributed by atoms with Gasteiger partial charge in [-0.25, -0.2) is 18.6 Å². The number of nitrogens with zero attached hydrogens (tertiary/aromatic N) is 1. The van der Waals surface area contributed by atoms with Crippen molar-refractivity contribution in [2.75, 3.05) is 6.61 Å². The lowest BCUT2D eigenvalue weighted by Crippen LogP contribution is -2.12. The third-order valence-corrected chi connectivity index (χ3v) is 2.49. The highest BCUT2D eigenvalue weighted by molar-refractivity contribution is 9.08. The van der Waals surface area contributed by atoms with Gasteiger partial charge >= 0.3 is 5.97 Å². The van der Waals surface area contributed by atoms with E-state index in [1.165, 1.54) is 6.92 Å². The lowest BCUT2D eigenvalue weighted by molar-refractivity contribution is 0.0512. The predicted molar refractivity (Wildman–Crippen MR) is 57.7 cm³/mol. The molecule has 0 unspecified atom stereocenters. The first-order valence-electron chi connectivity index (χ1n) is 4.71. The van der Waals surface area contributed by atoms with Crippen molar-refractivity contribution in [2.45, 2.75) is 18.7 Å². The molecule has 1 heterocycles. The van der Waals surface area contributed by atoms with Crippen LogP contribution in [0.2, 0.25) is 0 Å². The van der Waals surface area contributed by atoms with Crippen LogP contribution in [0.15, 0.2) is 6.07 Å². The first-order valence-corrected chi connectivity index (χ1v) is 5.83. The average molecular weight is 312 g/mol. The largest absolute Gasteiger partial charge is 0.462 e. The number of hydrogen-bond donors (Lipinski definition) is 0. The van der Waals surface area contributed by atoms with Crippen LogP contribution < -0.4 is 0 Å². The van der Waals surface area contributed by atoms with Gasteiger partial charge in [0.1, 0.15) is 0 Å². The zero-order chi connectivity index (χ0) is 13.0. The maximum atomic E-state index is 13.3. The zero-order valence-corrected chi connectivity index (χ0v) is 10.4. The van der Waals surface area contributed by atoms with E-state index in [4.69, 9.17) is 0 Å². The Bertz CT molecular complexity index is 426. The topological polar surface area (TPSA) is 39.2 Å². The summed E-state index contributed by atoms with van der Waals surface area (Å²) in [6.07, 6.45) is -3.12. The third kappa shape index (κ3) is 3.18. The number of rotatable bonds is 4. The second-order valence-corrected chi connectivity index (χ2v) is 3.58. The first-order chi connectivity index (χ1) is 8.01. The molecular formula is C10H9BrF3NO2. The Morgan fingerprint density at radius 2 is 2.24 bits per heavy atom. The summed E-state index contributed by atoms with van der Waals surface area (Å²) in [5.74, 6) is -2.33. The Kier molecular flexibility index (Phi) is 4.92. The highest BCUT2D eigenvalue weighted by Crippen LogP contribution is 2.26. The van der Waals surface area contributed by atoms with Gasteiger partial charge in [-0.1, -0.05) is 15.9 Å². The van der Waals surface area contributed by atoms with E-state index in [0.29, 0.717) is 0 Å². The molecule has 3 nitrogen and oxygen atoms in total. The van der Waals surface area contributed by atoms with Crippen molar-refractivity contribution in [2.24, 2.45) is 0 Å². The van der Waals surface area contributed by atoms with Gasteiger partial charge in [0.15, 0.2) is 0 Å². The molecule has 0 saturated carbocycles. The Morgan fingerprint density at radius 3 is 2.71 bits per heavy atom. The minimum absolute atomic E-state index is 0.0229. The molecule has 7 heteroatoms. The first kappa shape index (κ1) is 14.0. The van der Waals surface area contributed by atoms with Gasteiger partial charge in [0, 0.05) is 5.33 Å². The fourth-order valence-corrected chi connectivity index (χ4v) is 1.52. The van der Waals surface area contributed by atoms with Crippen LogP contribution in [0.3, 0.4) is 0 Å². The molecule has 1 aromatic rings. The minimum Gasteiger partial charge on any atom is -0.462 e. The maximum absolute atomic E-state index is 13.3. The normalized spacial score (nSPS) is 10.7. The van der Waals surface area contributed by atoms with E-state index in [1.54, 1.807) is 0 Å². The molecule has 0 atom stereocenters. The lowest BCUT2D eigenvalue weighted by atomic mass is 10.1. The Labute approximate surface area is 104 Å². The summed E-state index contributed by atoms with van der Waals surface area (Å²) in [5.41, 5.74) is -1.35. The van der Waals surface area contributed by atoms with Crippen LogP contribution in [0.5, 0.6) is 0 Å². The maximum Gasteiger partial charge on any atom is 0.338 e. The number of esters is 1.